The summed E-state index contributed by atoms with van der Waals surface area (Å²) in [4.78, 5) is 10.6. The highest BCUT2D eigenvalue weighted by Crippen LogP contribution is 2.11. The lowest BCUT2D eigenvalue weighted by molar-refractivity contribution is 0.0511. The van der Waals surface area contributed by atoms with Crippen molar-refractivity contribution in [3.8, 4) is 5.75 Å². The Kier molecular flexibility index (Phi) is 3.28. The van der Waals surface area contributed by atoms with Crippen molar-refractivity contribution < 1.29 is 14.3 Å². The molecule has 1 aromatic carbocycles. The van der Waals surface area contributed by atoms with Crippen LogP contribution in [0.5, 0.6) is 5.75 Å². The molecule has 0 aromatic heterocycles. The molecular formula is C9H10NO3. The third-order valence-corrected chi connectivity index (χ3v) is 1.46. The zero-order valence-electron chi connectivity index (χ0n) is 7.24. The molecule has 0 spiro atoms. The lowest BCUT2D eigenvalue weighted by atomic mass is 10.2. The van der Waals surface area contributed by atoms with Gasteiger partial charge >= 0.3 is 0 Å². The molecule has 13 heavy (non-hydrogen) atoms. The second-order valence-electron chi connectivity index (χ2n) is 2.40. The van der Waals surface area contributed by atoms with Crippen molar-refractivity contribution in [3.63, 3.8) is 0 Å². The van der Waals surface area contributed by atoms with E-state index in [0.717, 1.165) is 0 Å². The van der Waals surface area contributed by atoms with Crippen LogP contribution in [0, 0.1) is 0 Å². The molecule has 4 nitrogen and oxygen atoms in total. The molecule has 0 heterocycles. The van der Waals surface area contributed by atoms with Crippen molar-refractivity contribution in [1.82, 2.24) is 5.73 Å². The highest BCUT2D eigenvalue weighted by Gasteiger charge is 2.00. The largest absolute Gasteiger partial charge is 0.468 e. The van der Waals surface area contributed by atoms with E-state index in [0.29, 0.717) is 11.3 Å². The minimum absolute atomic E-state index is 0.175. The van der Waals surface area contributed by atoms with Crippen LogP contribution < -0.4 is 10.5 Å². The van der Waals surface area contributed by atoms with Gasteiger partial charge in [0.15, 0.2) is 6.79 Å². The number of nitrogens with one attached hydrogen (secondary N) is 1. The third-order valence-electron chi connectivity index (χ3n) is 1.46. The first-order valence-corrected chi connectivity index (χ1v) is 3.72. The molecule has 1 radical (unpaired) electrons. The number of benzene rings is 1. The van der Waals surface area contributed by atoms with E-state index in [9.17, 15) is 4.79 Å². The lowest BCUT2D eigenvalue weighted by Gasteiger charge is -2.03. The van der Waals surface area contributed by atoms with Gasteiger partial charge in [0.25, 0.3) is 5.91 Å². The summed E-state index contributed by atoms with van der Waals surface area (Å²) in [6, 6.07) is 6.34. The molecular weight excluding hydrogens is 170 g/mol. The summed E-state index contributed by atoms with van der Waals surface area (Å²) in [5.41, 5.74) is 7.17. The van der Waals surface area contributed by atoms with E-state index in [1.165, 1.54) is 7.11 Å². The predicted octanol–water partition coefficient (Wildman–Crippen LogP) is 1.09. The summed E-state index contributed by atoms with van der Waals surface area (Å²) in [5, 5.41) is 0. The van der Waals surface area contributed by atoms with Crippen molar-refractivity contribution >= 4 is 5.91 Å². The summed E-state index contributed by atoms with van der Waals surface area (Å²) < 4.78 is 9.79. The van der Waals surface area contributed by atoms with Crippen LogP contribution in [0.25, 0.3) is 0 Å². The molecule has 0 aliphatic rings. The molecule has 0 unspecified atom stereocenters. The van der Waals surface area contributed by atoms with Crippen molar-refractivity contribution in [2.45, 2.75) is 0 Å². The summed E-state index contributed by atoms with van der Waals surface area (Å²) in [6.45, 7) is 0.175. The Bertz CT molecular complexity index is 281. The Morgan fingerprint density at radius 3 is 2.46 bits per heavy atom. The zero-order chi connectivity index (χ0) is 9.68. The highest BCUT2D eigenvalue weighted by molar-refractivity contribution is 5.92. The molecule has 0 saturated carbocycles. The summed E-state index contributed by atoms with van der Waals surface area (Å²) >= 11 is 0. The van der Waals surface area contributed by atoms with Crippen LogP contribution in [0.1, 0.15) is 10.4 Å². The van der Waals surface area contributed by atoms with Crippen LogP contribution in [-0.4, -0.2) is 19.8 Å². The molecule has 0 aliphatic carbocycles. The van der Waals surface area contributed by atoms with Gasteiger partial charge in [0, 0.05) is 12.7 Å². The number of hydrogen-bond acceptors (Lipinski definition) is 3. The third kappa shape index (κ3) is 2.76. The number of ether oxygens (including phenoxy) is 2. The van der Waals surface area contributed by atoms with Crippen LogP contribution in [0.15, 0.2) is 24.3 Å². The molecule has 69 valence electrons. The van der Waals surface area contributed by atoms with Crippen LogP contribution in [0.2, 0.25) is 0 Å². The SMILES string of the molecule is COCOc1ccc(C([NH])=O)cc1. The minimum atomic E-state index is -0.696. The molecule has 1 amide bonds. The molecule has 0 bridgehead atoms. The van der Waals surface area contributed by atoms with Gasteiger partial charge in [-0.25, -0.2) is 0 Å². The van der Waals surface area contributed by atoms with Gasteiger partial charge < -0.3 is 9.47 Å². The van der Waals surface area contributed by atoms with Crippen LogP contribution in [-0.2, 0) is 4.74 Å². The monoisotopic (exact) mass is 180 g/mol. The summed E-state index contributed by atoms with van der Waals surface area (Å²) in [7, 11) is 1.53. The van der Waals surface area contributed by atoms with Gasteiger partial charge in [-0.2, -0.15) is 0 Å². The number of methoxy groups -OCH3 is 1. The number of carbonyl (C=O) groups excluding carboxylic acids is 1. The van der Waals surface area contributed by atoms with E-state index in [1.54, 1.807) is 24.3 Å². The molecule has 0 saturated heterocycles. The molecule has 4 heteroatoms. The van der Waals surface area contributed by atoms with E-state index in [4.69, 9.17) is 15.2 Å². The van der Waals surface area contributed by atoms with Crippen molar-refractivity contribution in [1.29, 1.82) is 0 Å². The Morgan fingerprint density at radius 2 is 2.00 bits per heavy atom. The van der Waals surface area contributed by atoms with E-state index in [2.05, 4.69) is 0 Å². The highest BCUT2D eigenvalue weighted by atomic mass is 16.7. The molecule has 0 aliphatic heterocycles. The number of carbonyl (C=O) groups is 1. The number of hydrogen-bond donors (Lipinski definition) is 0. The molecule has 0 atom stereocenters. The fourth-order valence-electron chi connectivity index (χ4n) is 0.830. The standard InChI is InChI=1S/C9H10NO3/c1-12-6-13-8-4-2-7(3-5-8)9(10)11/h2-5,10H,6H2,1H3. The normalized spacial score (nSPS) is 9.62. The van der Waals surface area contributed by atoms with E-state index in [-0.39, 0.29) is 6.79 Å². The Hall–Kier alpha value is -1.55. The van der Waals surface area contributed by atoms with Crippen molar-refractivity contribution in [2.24, 2.45) is 0 Å². The maximum atomic E-state index is 10.6. The fraction of sp³-hybridized carbons (Fsp3) is 0.222. The molecule has 1 aromatic rings. The van der Waals surface area contributed by atoms with Crippen molar-refractivity contribution in [3.05, 3.63) is 29.8 Å². The average Bonchev–Trinajstić information content (AvgIpc) is 2.15. The lowest BCUT2D eigenvalue weighted by Crippen LogP contribution is -2.01. The molecule has 1 rings (SSSR count). The van der Waals surface area contributed by atoms with E-state index in [1.807, 2.05) is 0 Å². The maximum absolute atomic E-state index is 10.6. The van der Waals surface area contributed by atoms with E-state index >= 15 is 0 Å². The molecule has 0 fully saturated rings. The first-order valence-electron chi connectivity index (χ1n) is 3.72. The summed E-state index contributed by atoms with van der Waals surface area (Å²) in [6.07, 6.45) is 0. The second kappa shape index (κ2) is 4.47. The Labute approximate surface area is 76.3 Å². The zero-order valence-corrected chi connectivity index (χ0v) is 7.24. The smallest absolute Gasteiger partial charge is 0.269 e. The first-order chi connectivity index (χ1) is 6.24. The quantitative estimate of drug-likeness (QED) is 0.651. The predicted molar refractivity (Wildman–Crippen MR) is 46.4 cm³/mol. The van der Waals surface area contributed by atoms with Gasteiger partial charge in [0.1, 0.15) is 5.75 Å². The van der Waals surface area contributed by atoms with Gasteiger partial charge in [-0.15, -0.1) is 0 Å². The maximum Gasteiger partial charge on any atom is 0.269 e. The summed E-state index contributed by atoms with van der Waals surface area (Å²) in [5.74, 6) is -0.0786. The number of amides is 1. The fourth-order valence-corrected chi connectivity index (χ4v) is 0.830. The Morgan fingerprint density at radius 1 is 1.38 bits per heavy atom. The van der Waals surface area contributed by atoms with Crippen LogP contribution >= 0.6 is 0 Å². The van der Waals surface area contributed by atoms with Gasteiger partial charge in [0.2, 0.25) is 0 Å². The molecule has 1 N–H and O–H groups in total. The average molecular weight is 180 g/mol. The van der Waals surface area contributed by atoms with Gasteiger partial charge in [-0.05, 0) is 24.3 Å². The van der Waals surface area contributed by atoms with Gasteiger partial charge in [-0.3, -0.25) is 10.5 Å². The van der Waals surface area contributed by atoms with E-state index < -0.39 is 5.91 Å². The van der Waals surface area contributed by atoms with Gasteiger partial charge in [-0.1, -0.05) is 0 Å². The van der Waals surface area contributed by atoms with Gasteiger partial charge in [0.05, 0.1) is 0 Å². The van der Waals surface area contributed by atoms with Crippen LogP contribution in [0.3, 0.4) is 0 Å². The Balaban J connectivity index is 2.64. The second-order valence-corrected chi connectivity index (χ2v) is 2.40. The van der Waals surface area contributed by atoms with Crippen molar-refractivity contribution in [2.75, 3.05) is 13.9 Å². The number of rotatable bonds is 4. The first kappa shape index (κ1) is 9.54. The topological polar surface area (TPSA) is 59.3 Å². The minimum Gasteiger partial charge on any atom is -0.468 e. The van der Waals surface area contributed by atoms with Crippen LogP contribution in [0.4, 0.5) is 0 Å².